The summed E-state index contributed by atoms with van der Waals surface area (Å²) in [5.41, 5.74) is 2.73. The van der Waals surface area contributed by atoms with E-state index in [2.05, 4.69) is 0 Å². The van der Waals surface area contributed by atoms with Crippen molar-refractivity contribution >= 4 is 23.1 Å². The van der Waals surface area contributed by atoms with Crippen LogP contribution < -0.4 is 14.4 Å². The molecule has 3 aromatic rings. The Labute approximate surface area is 205 Å². The van der Waals surface area contributed by atoms with Gasteiger partial charge in [-0.25, -0.2) is 0 Å². The Morgan fingerprint density at radius 2 is 1.66 bits per heavy atom. The molecule has 1 amide bonds. The molecule has 1 saturated heterocycles. The fourth-order valence-electron chi connectivity index (χ4n) is 4.18. The minimum Gasteiger partial charge on any atom is -0.507 e. The minimum absolute atomic E-state index is 0.0291. The van der Waals surface area contributed by atoms with Crippen molar-refractivity contribution in [1.29, 1.82) is 0 Å². The summed E-state index contributed by atoms with van der Waals surface area (Å²) in [5, 5.41) is 11.3. The number of Topliss-reactive ketones (excluding diaryl/α,β-unsaturated/α-hetero) is 1. The maximum Gasteiger partial charge on any atom is 0.300 e. The fraction of sp³-hybridized carbons (Fsp3) is 0.241. The van der Waals surface area contributed by atoms with Gasteiger partial charge in [0.15, 0.2) is 0 Å². The maximum atomic E-state index is 13.3. The van der Waals surface area contributed by atoms with E-state index in [9.17, 15) is 14.7 Å². The average Bonchev–Trinajstić information content (AvgIpc) is 3.10. The van der Waals surface area contributed by atoms with Gasteiger partial charge in [0.2, 0.25) is 0 Å². The molecule has 1 heterocycles. The Kier molecular flexibility index (Phi) is 6.92. The molecule has 6 nitrogen and oxygen atoms in total. The first-order chi connectivity index (χ1) is 16.8. The molecular formula is C29H29NO5. The number of aryl methyl sites for hydroxylation is 1. The van der Waals surface area contributed by atoms with E-state index in [4.69, 9.17) is 9.47 Å². The summed E-state index contributed by atoms with van der Waals surface area (Å²) in [6.45, 7) is 8.19. The van der Waals surface area contributed by atoms with Gasteiger partial charge in [-0.2, -0.15) is 0 Å². The standard InChI is InChI=1S/C29H29NO5/c1-5-34-23-15-11-20(12-16-23)26-25(27(31)21-7-6-8-24(17-21)35-18(2)3)28(32)29(33)30(26)22-13-9-19(4)10-14-22/h6-18,26,31H,5H2,1-4H3/b27-25-. The van der Waals surface area contributed by atoms with Crippen LogP contribution in [0.1, 0.15) is 43.5 Å². The van der Waals surface area contributed by atoms with Crippen LogP contribution in [0.3, 0.4) is 0 Å². The molecule has 1 atom stereocenters. The van der Waals surface area contributed by atoms with Crippen LogP contribution in [0.5, 0.6) is 11.5 Å². The quantitative estimate of drug-likeness (QED) is 0.267. The van der Waals surface area contributed by atoms with E-state index in [-0.39, 0.29) is 17.4 Å². The highest BCUT2D eigenvalue weighted by Crippen LogP contribution is 2.42. The van der Waals surface area contributed by atoms with Gasteiger partial charge in [0.05, 0.1) is 24.3 Å². The van der Waals surface area contributed by atoms with Gasteiger partial charge < -0.3 is 14.6 Å². The van der Waals surface area contributed by atoms with Crippen LogP contribution >= 0.6 is 0 Å². The first kappa shape index (κ1) is 24.1. The molecule has 0 bridgehead atoms. The zero-order valence-corrected chi connectivity index (χ0v) is 20.3. The second kappa shape index (κ2) is 10.1. The molecule has 1 N–H and O–H groups in total. The van der Waals surface area contributed by atoms with Gasteiger partial charge in [-0.3, -0.25) is 14.5 Å². The number of nitrogens with zero attached hydrogens (tertiary/aromatic N) is 1. The van der Waals surface area contributed by atoms with Gasteiger partial charge in [0.1, 0.15) is 17.3 Å². The van der Waals surface area contributed by atoms with Crippen molar-refractivity contribution in [2.24, 2.45) is 0 Å². The highest BCUT2D eigenvalue weighted by molar-refractivity contribution is 6.51. The van der Waals surface area contributed by atoms with Crippen LogP contribution in [0.4, 0.5) is 5.69 Å². The van der Waals surface area contributed by atoms with Gasteiger partial charge in [-0.05, 0) is 69.7 Å². The number of aliphatic hydroxyl groups is 1. The number of amides is 1. The number of hydrogen-bond acceptors (Lipinski definition) is 5. The molecule has 0 aliphatic carbocycles. The van der Waals surface area contributed by atoms with Crippen molar-refractivity contribution in [3.63, 3.8) is 0 Å². The molecule has 180 valence electrons. The molecule has 1 fully saturated rings. The first-order valence-electron chi connectivity index (χ1n) is 11.7. The van der Waals surface area contributed by atoms with E-state index in [1.807, 2.05) is 52.0 Å². The average molecular weight is 472 g/mol. The Morgan fingerprint density at radius 3 is 2.29 bits per heavy atom. The molecule has 4 rings (SSSR count). The minimum atomic E-state index is -0.803. The van der Waals surface area contributed by atoms with Crippen LogP contribution in [0.2, 0.25) is 0 Å². The number of hydrogen-bond donors (Lipinski definition) is 1. The van der Waals surface area contributed by atoms with Crippen molar-refractivity contribution in [3.05, 3.63) is 95.1 Å². The molecule has 0 radical (unpaired) electrons. The summed E-state index contributed by atoms with van der Waals surface area (Å²) in [6, 6.07) is 20.7. The van der Waals surface area contributed by atoms with Gasteiger partial charge in [0, 0.05) is 11.3 Å². The van der Waals surface area contributed by atoms with Crippen molar-refractivity contribution < 1.29 is 24.2 Å². The third-order valence-electron chi connectivity index (χ3n) is 5.74. The molecule has 0 saturated carbocycles. The van der Waals surface area contributed by atoms with E-state index in [1.165, 1.54) is 4.90 Å². The second-order valence-corrected chi connectivity index (χ2v) is 8.70. The largest absolute Gasteiger partial charge is 0.507 e. The number of benzene rings is 3. The number of anilines is 1. The lowest BCUT2D eigenvalue weighted by Gasteiger charge is -2.25. The molecule has 0 spiro atoms. The van der Waals surface area contributed by atoms with Crippen LogP contribution in [0.25, 0.3) is 5.76 Å². The monoisotopic (exact) mass is 471 g/mol. The molecule has 1 aliphatic rings. The molecule has 0 aromatic heterocycles. The van der Waals surface area contributed by atoms with Crippen molar-refractivity contribution in [2.45, 2.75) is 39.8 Å². The smallest absolute Gasteiger partial charge is 0.300 e. The summed E-state index contributed by atoms with van der Waals surface area (Å²) < 4.78 is 11.3. The molecule has 1 unspecified atom stereocenters. The van der Waals surface area contributed by atoms with Crippen LogP contribution in [-0.4, -0.2) is 29.5 Å². The summed E-state index contributed by atoms with van der Waals surface area (Å²) in [6.07, 6.45) is -0.0524. The summed E-state index contributed by atoms with van der Waals surface area (Å²) >= 11 is 0. The topological polar surface area (TPSA) is 76.1 Å². The highest BCUT2D eigenvalue weighted by Gasteiger charge is 2.47. The lowest BCUT2D eigenvalue weighted by Crippen LogP contribution is -2.29. The van der Waals surface area contributed by atoms with Crippen molar-refractivity contribution in [3.8, 4) is 11.5 Å². The maximum absolute atomic E-state index is 13.3. The molecule has 35 heavy (non-hydrogen) atoms. The molecule has 1 aliphatic heterocycles. The number of ether oxygens (including phenoxy) is 2. The number of carbonyl (C=O) groups excluding carboxylic acids is 2. The van der Waals surface area contributed by atoms with E-state index < -0.39 is 17.7 Å². The third kappa shape index (κ3) is 4.92. The Balaban J connectivity index is 1.87. The first-order valence-corrected chi connectivity index (χ1v) is 11.7. The van der Waals surface area contributed by atoms with Gasteiger partial charge >= 0.3 is 0 Å². The third-order valence-corrected chi connectivity index (χ3v) is 5.74. The molecular weight excluding hydrogens is 442 g/mol. The van der Waals surface area contributed by atoms with Crippen molar-refractivity contribution in [2.75, 3.05) is 11.5 Å². The summed E-state index contributed by atoms with van der Waals surface area (Å²) in [7, 11) is 0. The number of ketones is 1. The Morgan fingerprint density at radius 1 is 0.971 bits per heavy atom. The number of rotatable bonds is 7. The van der Waals surface area contributed by atoms with E-state index in [0.717, 1.165) is 5.56 Å². The number of carbonyl (C=O) groups is 2. The number of aliphatic hydroxyl groups excluding tert-OH is 1. The summed E-state index contributed by atoms with van der Waals surface area (Å²) in [5.74, 6) is -0.427. The molecule has 6 heteroatoms. The van der Waals surface area contributed by atoms with Crippen LogP contribution in [0, 0.1) is 6.92 Å². The predicted molar refractivity (Wildman–Crippen MR) is 136 cm³/mol. The van der Waals surface area contributed by atoms with Gasteiger partial charge in [0.25, 0.3) is 11.7 Å². The highest BCUT2D eigenvalue weighted by atomic mass is 16.5. The van der Waals surface area contributed by atoms with Crippen LogP contribution in [-0.2, 0) is 9.59 Å². The predicted octanol–water partition coefficient (Wildman–Crippen LogP) is 5.81. The zero-order valence-electron chi connectivity index (χ0n) is 20.3. The Bertz CT molecular complexity index is 1260. The zero-order chi connectivity index (χ0) is 25.1. The van der Waals surface area contributed by atoms with Crippen molar-refractivity contribution in [1.82, 2.24) is 0 Å². The lowest BCUT2D eigenvalue weighted by atomic mass is 9.95. The lowest BCUT2D eigenvalue weighted by molar-refractivity contribution is -0.132. The fourth-order valence-corrected chi connectivity index (χ4v) is 4.18. The van der Waals surface area contributed by atoms with E-state index in [0.29, 0.717) is 34.9 Å². The van der Waals surface area contributed by atoms with E-state index >= 15 is 0 Å². The SMILES string of the molecule is CCOc1ccc(C2/C(=C(/O)c3cccc(OC(C)C)c3)C(=O)C(=O)N2c2ccc(C)cc2)cc1. The Hall–Kier alpha value is -4.06. The summed E-state index contributed by atoms with van der Waals surface area (Å²) in [4.78, 5) is 28.0. The molecule has 3 aromatic carbocycles. The normalized spacial score (nSPS) is 17.2. The van der Waals surface area contributed by atoms with Gasteiger partial charge in [-0.1, -0.05) is 42.0 Å². The van der Waals surface area contributed by atoms with E-state index in [1.54, 1.807) is 48.5 Å². The van der Waals surface area contributed by atoms with Crippen LogP contribution in [0.15, 0.2) is 78.4 Å². The second-order valence-electron chi connectivity index (χ2n) is 8.70. The van der Waals surface area contributed by atoms with Gasteiger partial charge in [-0.15, -0.1) is 0 Å².